The Kier molecular flexibility index (Phi) is 12.2. The lowest BCUT2D eigenvalue weighted by atomic mass is 10.1. The van der Waals surface area contributed by atoms with Crippen molar-refractivity contribution in [1.82, 2.24) is 0 Å². The van der Waals surface area contributed by atoms with Gasteiger partial charge in [0.15, 0.2) is 0 Å². The SMILES string of the molecule is COC(=O)CC(SCCO)C(=O)CCCCCCC(=O)Nc1ccccc1. The Balaban J connectivity index is 2.18. The van der Waals surface area contributed by atoms with Crippen molar-refractivity contribution in [2.45, 2.75) is 50.2 Å². The molecule has 6 nitrogen and oxygen atoms in total. The molecular weight excluding hydrogens is 366 g/mol. The minimum atomic E-state index is -0.457. The maximum atomic E-state index is 12.3. The number of Topliss-reactive ketones (excluding diaryl/α,β-unsaturated/α-hetero) is 1. The number of amides is 1. The van der Waals surface area contributed by atoms with Crippen LogP contribution in [0.15, 0.2) is 30.3 Å². The number of carbonyl (C=O) groups is 3. The van der Waals surface area contributed by atoms with Crippen LogP contribution in [0.5, 0.6) is 0 Å². The number of methoxy groups -OCH3 is 1. The lowest BCUT2D eigenvalue weighted by Crippen LogP contribution is -2.22. The monoisotopic (exact) mass is 395 g/mol. The van der Waals surface area contributed by atoms with Crippen LogP contribution < -0.4 is 5.32 Å². The number of hydrogen-bond acceptors (Lipinski definition) is 6. The third-order valence-corrected chi connectivity index (χ3v) is 5.23. The fraction of sp³-hybridized carbons (Fsp3) is 0.550. The van der Waals surface area contributed by atoms with Crippen LogP contribution >= 0.6 is 11.8 Å². The van der Waals surface area contributed by atoms with Crippen molar-refractivity contribution in [1.29, 1.82) is 0 Å². The van der Waals surface area contributed by atoms with Gasteiger partial charge < -0.3 is 15.2 Å². The van der Waals surface area contributed by atoms with E-state index < -0.39 is 11.2 Å². The predicted octanol–water partition coefficient (Wildman–Crippen LogP) is 3.19. The molecule has 0 aliphatic rings. The smallest absolute Gasteiger partial charge is 0.307 e. The van der Waals surface area contributed by atoms with Crippen molar-refractivity contribution >= 4 is 35.1 Å². The number of unbranched alkanes of at least 4 members (excludes halogenated alkanes) is 3. The van der Waals surface area contributed by atoms with Gasteiger partial charge in [-0.3, -0.25) is 14.4 Å². The summed E-state index contributed by atoms with van der Waals surface area (Å²) in [6, 6.07) is 9.35. The minimum Gasteiger partial charge on any atom is -0.469 e. The van der Waals surface area contributed by atoms with Crippen molar-refractivity contribution in [2.75, 3.05) is 24.8 Å². The van der Waals surface area contributed by atoms with E-state index in [0.29, 0.717) is 18.6 Å². The molecule has 0 fully saturated rings. The number of carbonyl (C=O) groups excluding carboxylic acids is 3. The first kappa shape index (κ1) is 23.2. The first-order chi connectivity index (χ1) is 13.1. The molecule has 1 amide bonds. The molecule has 1 atom stereocenters. The average Bonchev–Trinajstić information content (AvgIpc) is 2.68. The molecule has 0 heterocycles. The topological polar surface area (TPSA) is 92.7 Å². The van der Waals surface area contributed by atoms with E-state index in [-0.39, 0.29) is 24.7 Å². The van der Waals surface area contributed by atoms with Gasteiger partial charge in [0.05, 0.1) is 25.4 Å². The molecule has 0 spiro atoms. The van der Waals surface area contributed by atoms with Gasteiger partial charge in [-0.1, -0.05) is 31.0 Å². The zero-order chi connectivity index (χ0) is 19.9. The molecule has 1 aromatic carbocycles. The highest BCUT2D eigenvalue weighted by Crippen LogP contribution is 2.19. The van der Waals surface area contributed by atoms with Gasteiger partial charge in [0.25, 0.3) is 0 Å². The van der Waals surface area contributed by atoms with E-state index in [1.165, 1.54) is 18.9 Å². The number of thioether (sulfide) groups is 1. The summed E-state index contributed by atoms with van der Waals surface area (Å²) in [7, 11) is 1.30. The van der Waals surface area contributed by atoms with Gasteiger partial charge in [0.2, 0.25) is 5.91 Å². The van der Waals surface area contributed by atoms with E-state index in [2.05, 4.69) is 10.1 Å². The molecule has 0 aliphatic heterocycles. The molecule has 150 valence electrons. The molecule has 1 unspecified atom stereocenters. The second-order valence-corrected chi connectivity index (χ2v) is 7.47. The van der Waals surface area contributed by atoms with Crippen LogP contribution in [-0.4, -0.2) is 47.5 Å². The van der Waals surface area contributed by atoms with Crippen LogP contribution in [0.4, 0.5) is 5.69 Å². The number of esters is 1. The highest BCUT2D eigenvalue weighted by Gasteiger charge is 2.22. The summed E-state index contributed by atoms with van der Waals surface area (Å²) in [5.41, 5.74) is 0.796. The van der Waals surface area contributed by atoms with Crippen LogP contribution in [0.2, 0.25) is 0 Å². The molecule has 1 rings (SSSR count). The van der Waals surface area contributed by atoms with E-state index in [9.17, 15) is 14.4 Å². The maximum absolute atomic E-state index is 12.3. The number of rotatable bonds is 14. The molecule has 7 heteroatoms. The molecule has 0 radical (unpaired) electrons. The van der Waals surface area contributed by atoms with Gasteiger partial charge in [-0.15, -0.1) is 11.8 Å². The number of anilines is 1. The summed E-state index contributed by atoms with van der Waals surface area (Å²) in [6.45, 7) is -0.0271. The summed E-state index contributed by atoms with van der Waals surface area (Å²) in [4.78, 5) is 35.5. The lowest BCUT2D eigenvalue weighted by Gasteiger charge is -2.13. The Morgan fingerprint density at radius 2 is 1.74 bits per heavy atom. The summed E-state index contributed by atoms with van der Waals surface area (Å²) >= 11 is 1.29. The Hall–Kier alpha value is -1.86. The molecule has 27 heavy (non-hydrogen) atoms. The number of nitrogens with one attached hydrogen (secondary N) is 1. The quantitative estimate of drug-likeness (QED) is 0.371. The molecular formula is C20H29NO5S. The highest BCUT2D eigenvalue weighted by atomic mass is 32.2. The molecule has 1 aromatic rings. The van der Waals surface area contributed by atoms with Crippen LogP contribution in [0.25, 0.3) is 0 Å². The second kappa shape index (κ2) is 14.2. The number of aliphatic hydroxyl groups is 1. The largest absolute Gasteiger partial charge is 0.469 e. The maximum Gasteiger partial charge on any atom is 0.307 e. The summed E-state index contributed by atoms with van der Waals surface area (Å²) in [5, 5.41) is 11.3. The zero-order valence-corrected chi connectivity index (χ0v) is 16.6. The third kappa shape index (κ3) is 10.8. The number of hydrogen-bond donors (Lipinski definition) is 2. The molecule has 2 N–H and O–H groups in total. The second-order valence-electron chi connectivity index (χ2n) is 6.16. The summed E-state index contributed by atoms with van der Waals surface area (Å²) < 4.78 is 4.63. The normalized spacial score (nSPS) is 11.6. The van der Waals surface area contributed by atoms with Crippen molar-refractivity contribution in [3.63, 3.8) is 0 Å². The Morgan fingerprint density at radius 1 is 1.07 bits per heavy atom. The van der Waals surface area contributed by atoms with E-state index in [0.717, 1.165) is 31.4 Å². The van der Waals surface area contributed by atoms with Gasteiger partial charge in [0.1, 0.15) is 5.78 Å². The average molecular weight is 396 g/mol. The highest BCUT2D eigenvalue weighted by molar-refractivity contribution is 8.00. The first-order valence-electron chi connectivity index (χ1n) is 9.23. The third-order valence-electron chi connectivity index (χ3n) is 3.98. The van der Waals surface area contributed by atoms with E-state index in [1.807, 2.05) is 30.3 Å². The molecule has 0 bridgehead atoms. The van der Waals surface area contributed by atoms with Crippen molar-refractivity contribution in [3.05, 3.63) is 30.3 Å². The number of para-hydroxylation sites is 1. The standard InChI is InChI=1S/C20H29NO5S/c1-26-20(25)15-18(27-14-13-22)17(23)11-7-2-3-8-12-19(24)21-16-9-5-4-6-10-16/h4-6,9-10,18,22H,2-3,7-8,11-15H2,1H3,(H,21,24). The lowest BCUT2D eigenvalue weighted by molar-refractivity contribution is -0.141. The van der Waals surface area contributed by atoms with Crippen LogP contribution in [0, 0.1) is 0 Å². The number of benzene rings is 1. The van der Waals surface area contributed by atoms with E-state index in [4.69, 9.17) is 5.11 Å². The molecule has 0 aromatic heterocycles. The summed E-state index contributed by atoms with van der Waals surface area (Å²) in [5.74, 6) is 0.0175. The van der Waals surface area contributed by atoms with Gasteiger partial charge in [-0.2, -0.15) is 0 Å². The van der Waals surface area contributed by atoms with Crippen molar-refractivity contribution in [3.8, 4) is 0 Å². The fourth-order valence-electron chi connectivity index (χ4n) is 2.54. The van der Waals surface area contributed by atoms with Crippen LogP contribution in [0.3, 0.4) is 0 Å². The zero-order valence-electron chi connectivity index (χ0n) is 15.8. The summed E-state index contributed by atoms with van der Waals surface area (Å²) in [6.07, 6.45) is 4.14. The molecule has 0 aliphatic carbocycles. The van der Waals surface area contributed by atoms with Crippen LogP contribution in [0.1, 0.15) is 44.9 Å². The molecule has 0 saturated carbocycles. The van der Waals surface area contributed by atoms with Gasteiger partial charge in [-0.25, -0.2) is 0 Å². The van der Waals surface area contributed by atoms with Gasteiger partial charge >= 0.3 is 5.97 Å². The fourth-order valence-corrected chi connectivity index (χ4v) is 3.49. The van der Waals surface area contributed by atoms with E-state index >= 15 is 0 Å². The predicted molar refractivity (Wildman–Crippen MR) is 108 cm³/mol. The molecule has 0 saturated heterocycles. The first-order valence-corrected chi connectivity index (χ1v) is 10.3. The Bertz CT molecular complexity index is 579. The van der Waals surface area contributed by atoms with Crippen molar-refractivity contribution in [2.24, 2.45) is 0 Å². The Labute approximate surface area is 165 Å². The Morgan fingerprint density at radius 3 is 2.37 bits per heavy atom. The number of ketones is 1. The van der Waals surface area contributed by atoms with Crippen molar-refractivity contribution < 1.29 is 24.2 Å². The number of aliphatic hydroxyl groups excluding tert-OH is 1. The minimum absolute atomic E-state index is 0.00387. The van der Waals surface area contributed by atoms with Crippen LogP contribution in [-0.2, 0) is 19.1 Å². The van der Waals surface area contributed by atoms with E-state index in [1.54, 1.807) is 0 Å². The van der Waals surface area contributed by atoms with Gasteiger partial charge in [-0.05, 0) is 25.0 Å². The van der Waals surface area contributed by atoms with Gasteiger partial charge in [0, 0.05) is 24.3 Å². The number of ether oxygens (including phenoxy) is 1.